The summed E-state index contributed by atoms with van der Waals surface area (Å²) in [6, 6.07) is -2.56. The number of hydrogen-bond donors (Lipinski definition) is 3. The lowest BCUT2D eigenvalue weighted by molar-refractivity contribution is 0.196. The number of nitrogens with zero attached hydrogens (tertiary/aromatic N) is 1. The molecule has 116 valence electrons. The van der Waals surface area contributed by atoms with Crippen molar-refractivity contribution in [3.63, 3.8) is 0 Å². The van der Waals surface area contributed by atoms with Gasteiger partial charge in [0.25, 0.3) is 0 Å². The quantitative estimate of drug-likeness (QED) is 0.309. The number of amides is 4. The molecule has 0 fully saturated rings. The standard InChI is InChI=1S/C9H15Cl3N4O3S/c1-4(2)14-8(17)16(7(13)19-3)9(18)15-20-6(12)5(10)11/h4-6,13H,1-3H3,(H,14,17)(H,15,18). The SMILES string of the molecule is COC(=N)N(C(=O)NSC(Cl)C(Cl)Cl)C(=O)NC(C)C. The predicted octanol–water partition coefficient (Wildman–Crippen LogP) is 2.71. The molecule has 0 bridgehead atoms. The number of halogens is 3. The number of rotatable bonds is 4. The summed E-state index contributed by atoms with van der Waals surface area (Å²) in [4.78, 5) is 23.2. The minimum absolute atomic E-state index is 0.217. The molecule has 0 aliphatic rings. The Labute approximate surface area is 136 Å². The van der Waals surface area contributed by atoms with Gasteiger partial charge < -0.3 is 10.1 Å². The minimum Gasteiger partial charge on any atom is -0.468 e. The molecule has 0 heterocycles. The van der Waals surface area contributed by atoms with Crippen molar-refractivity contribution >= 4 is 64.8 Å². The van der Waals surface area contributed by atoms with E-state index in [1.54, 1.807) is 13.8 Å². The first-order chi connectivity index (χ1) is 9.20. The van der Waals surface area contributed by atoms with Crippen LogP contribution in [-0.2, 0) is 4.74 Å². The second-order valence-electron chi connectivity index (χ2n) is 3.66. The third-order valence-corrected chi connectivity index (χ3v) is 4.04. The van der Waals surface area contributed by atoms with Crippen molar-refractivity contribution in [2.24, 2.45) is 0 Å². The summed E-state index contributed by atoms with van der Waals surface area (Å²) >= 11 is 17.5. The lowest BCUT2D eigenvalue weighted by Crippen LogP contribution is -2.52. The Kier molecular flexibility index (Phi) is 9.11. The maximum atomic E-state index is 11.9. The zero-order chi connectivity index (χ0) is 15.9. The summed E-state index contributed by atoms with van der Waals surface area (Å²) in [5, 5.41) is 9.92. The highest BCUT2D eigenvalue weighted by Crippen LogP contribution is 2.23. The molecule has 0 aromatic rings. The minimum atomic E-state index is -0.915. The molecule has 0 aromatic heterocycles. The van der Waals surface area contributed by atoms with Crippen LogP contribution in [0.1, 0.15) is 13.8 Å². The molecule has 0 saturated carbocycles. The van der Waals surface area contributed by atoms with Gasteiger partial charge in [-0.1, -0.05) is 0 Å². The molecule has 1 unspecified atom stereocenters. The van der Waals surface area contributed by atoms with Crippen LogP contribution in [0.2, 0.25) is 0 Å². The highest BCUT2D eigenvalue weighted by Gasteiger charge is 2.28. The third-order valence-electron chi connectivity index (χ3n) is 1.67. The van der Waals surface area contributed by atoms with E-state index in [-0.39, 0.29) is 6.04 Å². The van der Waals surface area contributed by atoms with Crippen LogP contribution in [0.15, 0.2) is 0 Å². The number of hydrogen-bond acceptors (Lipinski definition) is 5. The van der Waals surface area contributed by atoms with Gasteiger partial charge in [-0.2, -0.15) is 4.90 Å². The highest BCUT2D eigenvalue weighted by molar-refractivity contribution is 7.99. The van der Waals surface area contributed by atoms with Crippen molar-refractivity contribution in [2.45, 2.75) is 29.4 Å². The second-order valence-corrected chi connectivity index (χ2v) is 6.50. The number of ether oxygens (including phenoxy) is 1. The van der Waals surface area contributed by atoms with E-state index in [0.29, 0.717) is 16.8 Å². The largest absolute Gasteiger partial charge is 0.468 e. The maximum absolute atomic E-state index is 11.9. The Bertz CT molecular complexity index is 370. The van der Waals surface area contributed by atoms with E-state index >= 15 is 0 Å². The van der Waals surface area contributed by atoms with Crippen LogP contribution in [0.5, 0.6) is 0 Å². The van der Waals surface area contributed by atoms with E-state index in [9.17, 15) is 9.59 Å². The van der Waals surface area contributed by atoms with Crippen LogP contribution in [0.4, 0.5) is 9.59 Å². The van der Waals surface area contributed by atoms with E-state index < -0.39 is 27.6 Å². The van der Waals surface area contributed by atoms with Gasteiger partial charge in [0.2, 0.25) is 0 Å². The van der Waals surface area contributed by atoms with E-state index in [1.807, 2.05) is 0 Å². The molecule has 0 aliphatic carbocycles. The molecule has 0 aromatic carbocycles. The Balaban J connectivity index is 4.74. The van der Waals surface area contributed by atoms with Crippen LogP contribution in [0.3, 0.4) is 0 Å². The molecule has 0 rings (SSSR count). The lowest BCUT2D eigenvalue weighted by Gasteiger charge is -2.22. The number of carbonyl (C=O) groups is 2. The number of imide groups is 1. The van der Waals surface area contributed by atoms with Gasteiger partial charge >= 0.3 is 18.1 Å². The third kappa shape index (κ3) is 6.74. The first kappa shape index (κ1) is 19.4. The number of carbonyl (C=O) groups excluding carboxylic acids is 2. The maximum Gasteiger partial charge on any atom is 0.343 e. The zero-order valence-corrected chi connectivity index (χ0v) is 14.0. The Morgan fingerprint density at radius 3 is 2.20 bits per heavy atom. The van der Waals surface area contributed by atoms with Crippen LogP contribution in [0.25, 0.3) is 0 Å². The summed E-state index contributed by atoms with van der Waals surface area (Å²) in [5.41, 5.74) is 0. The summed E-state index contributed by atoms with van der Waals surface area (Å²) < 4.78 is 6.03. The molecule has 0 saturated heterocycles. The smallest absolute Gasteiger partial charge is 0.343 e. The second kappa shape index (κ2) is 9.38. The fourth-order valence-corrected chi connectivity index (χ4v) is 1.73. The highest BCUT2D eigenvalue weighted by atomic mass is 35.5. The molecule has 20 heavy (non-hydrogen) atoms. The summed E-state index contributed by atoms with van der Waals surface area (Å²) in [5.74, 6) is 0. The van der Waals surface area contributed by atoms with Crippen molar-refractivity contribution in [3.8, 4) is 0 Å². The fourth-order valence-electron chi connectivity index (χ4n) is 0.883. The summed E-state index contributed by atoms with van der Waals surface area (Å²) in [7, 11) is 1.16. The van der Waals surface area contributed by atoms with Gasteiger partial charge in [-0.05, 0) is 25.8 Å². The average molecular weight is 366 g/mol. The van der Waals surface area contributed by atoms with Gasteiger partial charge in [-0.15, -0.1) is 34.8 Å². The molecule has 0 spiro atoms. The first-order valence-corrected chi connectivity index (χ1v) is 7.50. The van der Waals surface area contributed by atoms with Crippen LogP contribution in [-0.4, -0.2) is 45.7 Å². The van der Waals surface area contributed by atoms with E-state index in [1.165, 1.54) is 0 Å². The zero-order valence-electron chi connectivity index (χ0n) is 10.9. The van der Waals surface area contributed by atoms with E-state index in [2.05, 4.69) is 14.8 Å². The molecule has 1 atom stereocenters. The summed E-state index contributed by atoms with van der Waals surface area (Å²) in [6.07, 6.45) is 0. The lowest BCUT2D eigenvalue weighted by atomic mass is 10.4. The Morgan fingerprint density at radius 2 is 1.80 bits per heavy atom. The van der Waals surface area contributed by atoms with Gasteiger partial charge in [0, 0.05) is 6.04 Å². The number of alkyl halides is 3. The molecule has 3 N–H and O–H groups in total. The number of methoxy groups -OCH3 is 1. The average Bonchev–Trinajstić information content (AvgIpc) is 2.34. The van der Waals surface area contributed by atoms with Crippen LogP contribution >= 0.6 is 46.8 Å². The summed E-state index contributed by atoms with van der Waals surface area (Å²) in [6.45, 7) is 3.42. The van der Waals surface area contributed by atoms with Crippen molar-refractivity contribution in [3.05, 3.63) is 0 Å². The van der Waals surface area contributed by atoms with Crippen LogP contribution < -0.4 is 10.0 Å². The van der Waals surface area contributed by atoms with Crippen molar-refractivity contribution in [1.29, 1.82) is 5.41 Å². The molecule has 0 radical (unpaired) electrons. The van der Waals surface area contributed by atoms with E-state index in [4.69, 9.17) is 40.2 Å². The van der Waals surface area contributed by atoms with E-state index in [0.717, 1.165) is 7.11 Å². The normalized spacial score (nSPS) is 12.0. The molecule has 4 amide bonds. The predicted molar refractivity (Wildman–Crippen MR) is 81.5 cm³/mol. The Morgan fingerprint density at radius 1 is 1.25 bits per heavy atom. The van der Waals surface area contributed by atoms with Gasteiger partial charge in [0.05, 0.1) is 7.11 Å². The van der Waals surface area contributed by atoms with Crippen molar-refractivity contribution in [2.75, 3.05) is 7.11 Å². The number of amidine groups is 1. The molecular formula is C9H15Cl3N4O3S. The topological polar surface area (TPSA) is 94.5 Å². The van der Waals surface area contributed by atoms with Crippen molar-refractivity contribution in [1.82, 2.24) is 14.9 Å². The molecular weight excluding hydrogens is 351 g/mol. The molecule has 0 aliphatic heterocycles. The Hall–Kier alpha value is -0.570. The number of nitrogens with one attached hydrogen (secondary N) is 3. The monoisotopic (exact) mass is 364 g/mol. The first-order valence-electron chi connectivity index (χ1n) is 5.31. The fraction of sp³-hybridized carbons (Fsp3) is 0.667. The molecule has 11 heteroatoms. The van der Waals surface area contributed by atoms with Gasteiger partial charge in [0.15, 0.2) is 0 Å². The van der Waals surface area contributed by atoms with Gasteiger partial charge in [0.1, 0.15) is 9.55 Å². The van der Waals surface area contributed by atoms with Gasteiger partial charge in [-0.3, -0.25) is 10.1 Å². The number of urea groups is 2. The van der Waals surface area contributed by atoms with Gasteiger partial charge in [-0.25, -0.2) is 9.59 Å². The van der Waals surface area contributed by atoms with Crippen LogP contribution in [0, 0.1) is 5.41 Å². The van der Waals surface area contributed by atoms with Crippen molar-refractivity contribution < 1.29 is 14.3 Å². The molecule has 7 nitrogen and oxygen atoms in total.